The van der Waals surface area contributed by atoms with Crippen molar-refractivity contribution in [1.29, 1.82) is 0 Å². The molecule has 4 aromatic rings. The van der Waals surface area contributed by atoms with Crippen LogP contribution in [0, 0.1) is 19.8 Å². The Labute approximate surface area is 314 Å². The minimum Gasteiger partial charge on any atom is -0.393 e. The number of aliphatic hydroxyl groups excluding tert-OH is 1. The van der Waals surface area contributed by atoms with E-state index in [0.717, 1.165) is 29.3 Å². The normalized spacial score (nSPS) is 9.27. The lowest BCUT2D eigenvalue weighted by Crippen LogP contribution is -2.23. The van der Waals surface area contributed by atoms with Crippen LogP contribution in [0.5, 0.6) is 0 Å². The number of carbonyl (C=O) groups is 3. The van der Waals surface area contributed by atoms with Gasteiger partial charge in [-0.05, 0) is 76.4 Å². The molecule has 0 bridgehead atoms. The molecule has 4 N–H and O–H groups in total. The van der Waals surface area contributed by atoms with Crippen LogP contribution in [0.1, 0.15) is 124 Å². The number of hydrogen-bond acceptors (Lipinski definition) is 7. The molecule has 0 aliphatic rings. The third kappa shape index (κ3) is 23.7. The van der Waals surface area contributed by atoms with E-state index in [2.05, 4.69) is 34.1 Å². The number of imidazole rings is 2. The van der Waals surface area contributed by atoms with Crippen molar-refractivity contribution < 1.29 is 24.6 Å². The number of fused-ring (bicyclic) bond motifs is 1. The van der Waals surface area contributed by atoms with Crippen molar-refractivity contribution in [2.24, 2.45) is 5.92 Å². The quantitative estimate of drug-likeness (QED) is 0.141. The molecule has 0 aliphatic heterocycles. The van der Waals surface area contributed by atoms with Crippen molar-refractivity contribution in [1.82, 2.24) is 18.9 Å². The molecule has 1 aromatic carbocycles. The first kappa shape index (κ1) is 54.2. The van der Waals surface area contributed by atoms with Gasteiger partial charge in [-0.15, -0.1) is 0 Å². The van der Waals surface area contributed by atoms with E-state index in [1.807, 2.05) is 130 Å². The summed E-state index contributed by atoms with van der Waals surface area (Å²) < 4.78 is 3.80. The van der Waals surface area contributed by atoms with Gasteiger partial charge in [0.1, 0.15) is 18.3 Å². The molecule has 0 spiro atoms. The minimum absolute atomic E-state index is 0.0267. The molecular formula is C41H70N6O5. The maximum Gasteiger partial charge on any atom is 0.255 e. The summed E-state index contributed by atoms with van der Waals surface area (Å²) in [6.45, 7) is 34.6. The van der Waals surface area contributed by atoms with Crippen LogP contribution < -0.4 is 10.6 Å². The number of aliphatic hydroxyl groups is 2. The number of nitrogens with zero attached hydrogens (tertiary/aromatic N) is 4. The number of amides is 2. The summed E-state index contributed by atoms with van der Waals surface area (Å²) in [5, 5.41) is 22.4. The van der Waals surface area contributed by atoms with Crippen LogP contribution >= 0.6 is 0 Å². The molecule has 2 amide bonds. The topological polar surface area (TPSA) is 151 Å². The Bertz CT molecular complexity index is 1490. The second kappa shape index (κ2) is 32.3. The number of carbonyl (C=O) groups excluding carboxylic acids is 3. The summed E-state index contributed by atoms with van der Waals surface area (Å²) in [5.41, 5.74) is 3.87. The van der Waals surface area contributed by atoms with E-state index in [9.17, 15) is 9.59 Å². The van der Waals surface area contributed by atoms with Crippen LogP contribution in [0.3, 0.4) is 0 Å². The van der Waals surface area contributed by atoms with Gasteiger partial charge in [0.05, 0.1) is 29.3 Å². The van der Waals surface area contributed by atoms with Gasteiger partial charge in [-0.1, -0.05) is 82.7 Å². The van der Waals surface area contributed by atoms with Gasteiger partial charge in [-0.3, -0.25) is 9.59 Å². The van der Waals surface area contributed by atoms with Crippen LogP contribution in [-0.4, -0.2) is 60.0 Å². The van der Waals surface area contributed by atoms with Crippen molar-refractivity contribution in [2.75, 3.05) is 17.2 Å². The highest BCUT2D eigenvalue weighted by atomic mass is 16.3. The Kier molecular flexibility index (Phi) is 33.7. The first-order chi connectivity index (χ1) is 24.7. The summed E-state index contributed by atoms with van der Waals surface area (Å²) in [6, 6.07) is 10.5. The molecule has 0 unspecified atom stereocenters. The van der Waals surface area contributed by atoms with E-state index in [1.54, 1.807) is 44.3 Å². The highest BCUT2D eigenvalue weighted by molar-refractivity contribution is 6.04. The summed E-state index contributed by atoms with van der Waals surface area (Å²) >= 11 is 0. The fraction of sp³-hybridized carbons (Fsp3) is 0.488. The standard InChI is InChI=1S/C20H22N4O2.C8H12N2.C4H10O2.4C2H6.CH2O/c1-13(2)10-19(25)22-16-6-4-15(5-7-16)20(26)23-17-8-9-18-21-14(3)11-24(18)12-17;1-4-8-6-10(5-2)7(3)9-8;1-4(2,6)3-5;5*1-2/h4-9,11-13H,10H2,1-3H3,(H,22,25)(H,23,26);5-6H,2,4H2,1,3H3;5-6H,3H2,1-2H3;4*1-2H3;1H2. The second-order valence-electron chi connectivity index (χ2n) is 10.9. The molecule has 3 heterocycles. The average molecular weight is 727 g/mol. The van der Waals surface area contributed by atoms with E-state index < -0.39 is 5.60 Å². The van der Waals surface area contributed by atoms with Crippen molar-refractivity contribution in [2.45, 2.75) is 122 Å². The van der Waals surface area contributed by atoms with Crippen LogP contribution in [0.15, 0.2) is 61.6 Å². The highest BCUT2D eigenvalue weighted by Gasteiger charge is 2.10. The van der Waals surface area contributed by atoms with E-state index in [-0.39, 0.29) is 18.4 Å². The number of rotatable bonds is 8. The summed E-state index contributed by atoms with van der Waals surface area (Å²) in [4.78, 5) is 40.9. The molecule has 0 radical (unpaired) electrons. The zero-order chi connectivity index (χ0) is 41.4. The largest absolute Gasteiger partial charge is 0.393 e. The van der Waals surface area contributed by atoms with Gasteiger partial charge in [-0.2, -0.15) is 0 Å². The first-order valence-corrected chi connectivity index (χ1v) is 18.2. The van der Waals surface area contributed by atoms with E-state index in [0.29, 0.717) is 29.3 Å². The summed E-state index contributed by atoms with van der Waals surface area (Å²) in [5.74, 6) is 1.07. The molecule has 3 aromatic heterocycles. The van der Waals surface area contributed by atoms with E-state index in [1.165, 1.54) is 0 Å². The minimum atomic E-state index is -0.903. The molecule has 11 nitrogen and oxygen atoms in total. The molecule has 11 heteroatoms. The number of aryl methyl sites for hydroxylation is 3. The van der Waals surface area contributed by atoms with Crippen molar-refractivity contribution in [3.8, 4) is 0 Å². The van der Waals surface area contributed by atoms with Gasteiger partial charge in [0, 0.05) is 42.5 Å². The predicted octanol–water partition coefficient (Wildman–Crippen LogP) is 9.40. The number of nitrogens with one attached hydrogen (secondary N) is 2. The molecule has 0 fully saturated rings. The SMILES string of the molecule is C=Cn1cc(CC)nc1C.C=O.CC.CC.CC.CC.CC(C)(O)CO.Cc1cn2cc(NC(=O)c3ccc(NC(=O)CC(C)C)cc3)ccc2n1. The number of pyridine rings is 1. The van der Waals surface area contributed by atoms with Gasteiger partial charge in [-0.25, -0.2) is 9.97 Å². The van der Waals surface area contributed by atoms with Gasteiger partial charge in [0.2, 0.25) is 5.91 Å². The van der Waals surface area contributed by atoms with Gasteiger partial charge < -0.3 is 34.6 Å². The fourth-order valence-corrected chi connectivity index (χ4v) is 3.59. The lowest BCUT2D eigenvalue weighted by molar-refractivity contribution is -0.116. The molecule has 0 saturated carbocycles. The van der Waals surface area contributed by atoms with Crippen LogP contribution in [0.25, 0.3) is 11.8 Å². The zero-order valence-corrected chi connectivity index (χ0v) is 34.8. The molecule has 0 saturated heterocycles. The summed E-state index contributed by atoms with van der Waals surface area (Å²) in [6.07, 6.45) is 8.96. The molecule has 4 rings (SSSR count). The van der Waals surface area contributed by atoms with Gasteiger partial charge >= 0.3 is 0 Å². The second-order valence-corrected chi connectivity index (χ2v) is 10.9. The summed E-state index contributed by atoms with van der Waals surface area (Å²) in [7, 11) is 0. The van der Waals surface area contributed by atoms with Crippen molar-refractivity contribution in [3.05, 3.63) is 84.3 Å². The smallest absolute Gasteiger partial charge is 0.255 e. The molecule has 0 aliphatic carbocycles. The average Bonchev–Trinajstić information content (AvgIpc) is 3.72. The van der Waals surface area contributed by atoms with Gasteiger partial charge in [0.25, 0.3) is 5.91 Å². The Morgan fingerprint density at radius 3 is 1.75 bits per heavy atom. The van der Waals surface area contributed by atoms with Gasteiger partial charge in [0.15, 0.2) is 0 Å². The Morgan fingerprint density at radius 2 is 1.35 bits per heavy atom. The number of aromatic nitrogens is 4. The molecular weight excluding hydrogens is 656 g/mol. The zero-order valence-electron chi connectivity index (χ0n) is 34.8. The number of hydrogen-bond donors (Lipinski definition) is 4. The molecule has 52 heavy (non-hydrogen) atoms. The number of benzene rings is 1. The lowest BCUT2D eigenvalue weighted by atomic mass is 10.1. The van der Waals surface area contributed by atoms with Crippen molar-refractivity contribution in [3.63, 3.8) is 0 Å². The third-order valence-electron chi connectivity index (χ3n) is 5.77. The predicted molar refractivity (Wildman–Crippen MR) is 221 cm³/mol. The highest BCUT2D eigenvalue weighted by Crippen LogP contribution is 2.15. The lowest BCUT2D eigenvalue weighted by Gasteiger charge is -2.10. The Hall–Kier alpha value is -4.61. The maximum absolute atomic E-state index is 12.4. The molecule has 0 atom stereocenters. The third-order valence-corrected chi connectivity index (χ3v) is 5.77. The van der Waals surface area contributed by atoms with E-state index in [4.69, 9.17) is 15.0 Å². The monoisotopic (exact) mass is 727 g/mol. The Balaban J connectivity index is -0.000000366. The first-order valence-electron chi connectivity index (χ1n) is 18.2. The van der Waals surface area contributed by atoms with Crippen LogP contribution in [-0.2, 0) is 16.0 Å². The van der Waals surface area contributed by atoms with Crippen molar-refractivity contribution >= 4 is 41.8 Å². The van der Waals surface area contributed by atoms with Crippen LogP contribution in [0.4, 0.5) is 11.4 Å². The van der Waals surface area contributed by atoms with E-state index >= 15 is 0 Å². The fourth-order valence-electron chi connectivity index (χ4n) is 3.59. The number of anilines is 2. The Morgan fingerprint density at radius 1 is 0.846 bits per heavy atom. The van der Waals surface area contributed by atoms with Crippen LogP contribution in [0.2, 0.25) is 0 Å². The maximum atomic E-state index is 12.4. The molecule has 294 valence electrons.